The average Bonchev–Trinajstić information content (AvgIpc) is 2.87. The summed E-state index contributed by atoms with van der Waals surface area (Å²) >= 11 is 6.03. The van der Waals surface area contributed by atoms with Gasteiger partial charge in [0.1, 0.15) is 5.75 Å². The number of nitrogens with zero attached hydrogens (tertiary/aromatic N) is 2. The Bertz CT molecular complexity index is 1170. The van der Waals surface area contributed by atoms with Gasteiger partial charge in [0.25, 0.3) is 0 Å². The van der Waals surface area contributed by atoms with Crippen LogP contribution in [0.4, 0.5) is 0 Å². The zero-order chi connectivity index (χ0) is 23.9. The number of pyridine rings is 1. The smallest absolute Gasteiger partial charge is 0.119 e. The third-order valence-electron chi connectivity index (χ3n) is 6.72. The Balaban J connectivity index is 1.34. The van der Waals surface area contributed by atoms with Crippen LogP contribution in [0.15, 0.2) is 54.7 Å². The minimum Gasteiger partial charge on any atom is -0.497 e. The Hall–Kier alpha value is -2.62. The number of likely N-dealkylation sites (tertiary alicyclic amines) is 1. The monoisotopic (exact) mass is 478 g/mol. The molecule has 0 saturated carbocycles. The number of aromatic nitrogens is 1. The first-order valence-electron chi connectivity index (χ1n) is 11.8. The molecule has 0 radical (unpaired) electrons. The van der Waals surface area contributed by atoms with Crippen LogP contribution in [-0.4, -0.2) is 53.4 Å². The van der Waals surface area contributed by atoms with Crippen molar-refractivity contribution in [3.8, 4) is 17.6 Å². The van der Waals surface area contributed by atoms with Crippen molar-refractivity contribution < 1.29 is 14.9 Å². The van der Waals surface area contributed by atoms with Gasteiger partial charge in [0, 0.05) is 35.3 Å². The minimum absolute atomic E-state index is 0.147. The van der Waals surface area contributed by atoms with Crippen molar-refractivity contribution in [3.05, 3.63) is 70.9 Å². The molecule has 2 N–H and O–H groups in total. The minimum atomic E-state index is -0.585. The number of methoxy groups -OCH3 is 1. The fourth-order valence-electron chi connectivity index (χ4n) is 4.80. The fourth-order valence-corrected chi connectivity index (χ4v) is 4.99. The fraction of sp³-hybridized carbons (Fsp3) is 0.393. The van der Waals surface area contributed by atoms with Crippen LogP contribution in [0.25, 0.3) is 10.9 Å². The van der Waals surface area contributed by atoms with E-state index in [0.29, 0.717) is 23.9 Å². The summed E-state index contributed by atoms with van der Waals surface area (Å²) in [7, 11) is 1.64. The van der Waals surface area contributed by atoms with Crippen LogP contribution in [-0.2, 0) is 0 Å². The first-order chi connectivity index (χ1) is 16.6. The molecule has 1 fully saturated rings. The summed E-state index contributed by atoms with van der Waals surface area (Å²) in [6.45, 7) is 2.57. The highest BCUT2D eigenvalue weighted by atomic mass is 35.5. The van der Waals surface area contributed by atoms with Gasteiger partial charge in [-0.05, 0) is 85.7 Å². The van der Waals surface area contributed by atoms with Gasteiger partial charge >= 0.3 is 0 Å². The van der Waals surface area contributed by atoms with Crippen molar-refractivity contribution >= 4 is 22.5 Å². The van der Waals surface area contributed by atoms with Gasteiger partial charge in [-0.15, -0.1) is 0 Å². The molecule has 178 valence electrons. The molecule has 0 unspecified atom stereocenters. The normalized spacial score (nSPS) is 19.4. The van der Waals surface area contributed by atoms with Crippen LogP contribution >= 0.6 is 11.6 Å². The third-order valence-corrected chi connectivity index (χ3v) is 6.96. The second-order valence-electron chi connectivity index (χ2n) is 8.92. The molecule has 6 heteroatoms. The second-order valence-corrected chi connectivity index (χ2v) is 9.35. The summed E-state index contributed by atoms with van der Waals surface area (Å²) in [5, 5.41) is 22.6. The van der Waals surface area contributed by atoms with E-state index in [-0.39, 0.29) is 12.5 Å². The molecule has 1 aromatic heterocycles. The van der Waals surface area contributed by atoms with Crippen LogP contribution in [0.3, 0.4) is 0 Å². The highest BCUT2D eigenvalue weighted by Gasteiger charge is 2.29. The molecule has 34 heavy (non-hydrogen) atoms. The Morgan fingerprint density at radius 1 is 1.21 bits per heavy atom. The van der Waals surface area contributed by atoms with E-state index >= 15 is 0 Å². The van der Waals surface area contributed by atoms with Crippen molar-refractivity contribution in [2.45, 2.75) is 25.4 Å². The summed E-state index contributed by atoms with van der Waals surface area (Å²) < 4.78 is 5.35. The van der Waals surface area contributed by atoms with Gasteiger partial charge in [-0.3, -0.25) is 9.88 Å². The first-order valence-corrected chi connectivity index (χ1v) is 12.1. The SMILES string of the molecule is COc1ccc2nccc([C@H](O)CC[C@@H]3CCN(CC#Cc4cccc(Cl)c4)C[C@@H]3CO)c2c1. The van der Waals surface area contributed by atoms with Crippen molar-refractivity contribution in [2.75, 3.05) is 33.4 Å². The lowest BCUT2D eigenvalue weighted by atomic mass is 9.81. The third kappa shape index (κ3) is 6.08. The van der Waals surface area contributed by atoms with Gasteiger partial charge in [0.2, 0.25) is 0 Å². The molecule has 3 aromatic rings. The Kier molecular flexibility index (Phi) is 8.42. The Labute approximate surface area is 206 Å². The molecular weight excluding hydrogens is 448 g/mol. The van der Waals surface area contributed by atoms with Crippen LogP contribution in [0.1, 0.15) is 36.5 Å². The van der Waals surface area contributed by atoms with Crippen molar-refractivity contribution in [1.82, 2.24) is 9.88 Å². The van der Waals surface area contributed by atoms with Crippen molar-refractivity contribution in [1.29, 1.82) is 0 Å². The molecule has 0 amide bonds. The van der Waals surface area contributed by atoms with Gasteiger partial charge in [0.05, 0.1) is 25.3 Å². The second kappa shape index (κ2) is 11.7. The van der Waals surface area contributed by atoms with Crippen LogP contribution in [0.2, 0.25) is 5.02 Å². The summed E-state index contributed by atoms with van der Waals surface area (Å²) in [5.41, 5.74) is 2.63. The Morgan fingerprint density at radius 3 is 2.88 bits per heavy atom. The summed E-state index contributed by atoms with van der Waals surface area (Å²) in [5.74, 6) is 7.72. The quantitative estimate of drug-likeness (QED) is 0.482. The molecule has 3 atom stereocenters. The van der Waals surface area contributed by atoms with Crippen LogP contribution in [0.5, 0.6) is 5.75 Å². The van der Waals surface area contributed by atoms with E-state index in [1.54, 1.807) is 13.3 Å². The Morgan fingerprint density at radius 2 is 2.09 bits per heavy atom. The lowest BCUT2D eigenvalue weighted by Crippen LogP contribution is -2.42. The number of benzene rings is 2. The van der Waals surface area contributed by atoms with Gasteiger partial charge in [-0.25, -0.2) is 0 Å². The maximum absolute atomic E-state index is 11.0. The molecule has 2 aromatic carbocycles. The van der Waals surface area contributed by atoms with E-state index < -0.39 is 6.10 Å². The highest BCUT2D eigenvalue weighted by molar-refractivity contribution is 6.30. The van der Waals surface area contributed by atoms with E-state index in [4.69, 9.17) is 16.3 Å². The predicted molar refractivity (Wildman–Crippen MR) is 136 cm³/mol. The topological polar surface area (TPSA) is 65.8 Å². The molecular formula is C28H31ClN2O3. The van der Waals surface area contributed by atoms with E-state index in [9.17, 15) is 10.2 Å². The molecule has 2 heterocycles. The summed E-state index contributed by atoms with van der Waals surface area (Å²) in [4.78, 5) is 6.71. The molecule has 0 bridgehead atoms. The lowest BCUT2D eigenvalue weighted by Gasteiger charge is -2.37. The zero-order valence-corrected chi connectivity index (χ0v) is 20.2. The largest absolute Gasteiger partial charge is 0.497 e. The van der Waals surface area contributed by atoms with E-state index in [1.807, 2.05) is 48.5 Å². The standard InChI is InChI=1S/C28H31ClN2O3/c1-34-24-8-9-27-26(17-24)25(11-13-30-27)28(33)10-7-21-12-15-31(18-22(21)19-32)14-3-5-20-4-2-6-23(29)16-20/h2,4,6,8-9,11,13,16-17,21-22,28,32-33H,7,10,12,14-15,18-19H2,1H3/t21-,22-,28-/m1/s1. The van der Waals surface area contributed by atoms with Crippen molar-refractivity contribution in [2.24, 2.45) is 11.8 Å². The van der Waals surface area contributed by atoms with Gasteiger partial charge in [-0.1, -0.05) is 29.5 Å². The molecule has 1 aliphatic heterocycles. The molecule has 1 saturated heterocycles. The van der Waals surface area contributed by atoms with Crippen LogP contribution < -0.4 is 4.74 Å². The summed E-state index contributed by atoms with van der Waals surface area (Å²) in [6.07, 6.45) is 3.65. The van der Waals surface area contributed by atoms with Crippen molar-refractivity contribution in [3.63, 3.8) is 0 Å². The number of hydrogen-bond acceptors (Lipinski definition) is 5. The number of ether oxygens (including phenoxy) is 1. The molecule has 5 nitrogen and oxygen atoms in total. The van der Waals surface area contributed by atoms with Crippen LogP contribution in [0, 0.1) is 23.7 Å². The van der Waals surface area contributed by atoms with E-state index in [1.165, 1.54) is 0 Å². The van der Waals surface area contributed by atoms with Gasteiger partial charge < -0.3 is 14.9 Å². The number of halogens is 1. The molecule has 1 aliphatic rings. The number of rotatable bonds is 7. The maximum atomic E-state index is 11.0. The number of aliphatic hydroxyl groups excluding tert-OH is 2. The average molecular weight is 479 g/mol. The number of fused-ring (bicyclic) bond motifs is 1. The number of aliphatic hydroxyl groups is 2. The first kappa shape index (κ1) is 24.5. The molecule has 4 rings (SSSR count). The van der Waals surface area contributed by atoms with E-state index in [0.717, 1.165) is 53.7 Å². The molecule has 0 spiro atoms. The van der Waals surface area contributed by atoms with Gasteiger partial charge in [-0.2, -0.15) is 0 Å². The lowest BCUT2D eigenvalue weighted by molar-refractivity contribution is 0.0640. The van der Waals surface area contributed by atoms with Gasteiger partial charge in [0.15, 0.2) is 0 Å². The predicted octanol–water partition coefficient (Wildman–Crippen LogP) is 4.69. The van der Waals surface area contributed by atoms with E-state index in [2.05, 4.69) is 21.7 Å². The highest BCUT2D eigenvalue weighted by Crippen LogP contribution is 2.33. The zero-order valence-electron chi connectivity index (χ0n) is 19.5. The summed E-state index contributed by atoms with van der Waals surface area (Å²) in [6, 6.07) is 15.2. The maximum Gasteiger partial charge on any atom is 0.119 e. The number of hydrogen-bond donors (Lipinski definition) is 2. The number of piperidine rings is 1. The molecule has 0 aliphatic carbocycles.